The molecule has 24 heavy (non-hydrogen) atoms. The molecule has 0 radical (unpaired) electrons. The van der Waals surface area contributed by atoms with E-state index in [1.807, 2.05) is 41.5 Å². The fraction of sp³-hybridized carbons (Fsp3) is 0.632. The van der Waals surface area contributed by atoms with E-state index in [2.05, 4.69) is 4.98 Å². The summed E-state index contributed by atoms with van der Waals surface area (Å²) in [6, 6.07) is 4.70. The largest absolute Gasteiger partial charge is 0.458 e. The van der Waals surface area contributed by atoms with Crippen LogP contribution in [0.25, 0.3) is 0 Å². The van der Waals surface area contributed by atoms with Gasteiger partial charge < -0.3 is 9.47 Å². The Balaban J connectivity index is 2.79. The molecule has 0 fully saturated rings. The monoisotopic (exact) mass is 335 g/mol. The van der Waals surface area contributed by atoms with Crippen molar-refractivity contribution in [3.8, 4) is 0 Å². The molecular formula is C19H29NO4. The maximum Gasteiger partial charge on any atom is 0.357 e. The predicted molar refractivity (Wildman–Crippen MR) is 92.9 cm³/mol. The van der Waals surface area contributed by atoms with Gasteiger partial charge in [-0.15, -0.1) is 0 Å². The summed E-state index contributed by atoms with van der Waals surface area (Å²) in [5.41, 5.74) is 0.242. The first kappa shape index (κ1) is 20.1. The zero-order chi connectivity index (χ0) is 18.3. The molecule has 134 valence electrons. The van der Waals surface area contributed by atoms with Crippen molar-refractivity contribution in [1.29, 1.82) is 0 Å². The Kier molecular flexibility index (Phi) is 7.89. The van der Waals surface area contributed by atoms with Gasteiger partial charge in [-0.2, -0.15) is 0 Å². The van der Waals surface area contributed by atoms with Crippen LogP contribution >= 0.6 is 0 Å². The molecule has 5 nitrogen and oxygen atoms in total. The molecule has 5 heteroatoms. The number of hydrogen-bond donors (Lipinski definition) is 0. The Bertz CT molecular complexity index is 513. The smallest absolute Gasteiger partial charge is 0.357 e. The van der Waals surface area contributed by atoms with Gasteiger partial charge in [0.15, 0.2) is 0 Å². The molecule has 0 saturated heterocycles. The van der Waals surface area contributed by atoms with Crippen LogP contribution in [-0.2, 0) is 9.47 Å². The first-order valence-corrected chi connectivity index (χ1v) is 8.69. The highest BCUT2D eigenvalue weighted by Gasteiger charge is 2.21. The summed E-state index contributed by atoms with van der Waals surface area (Å²) in [5, 5.41) is 0. The van der Waals surface area contributed by atoms with Crippen LogP contribution in [0.3, 0.4) is 0 Å². The van der Waals surface area contributed by atoms with E-state index in [1.165, 1.54) is 0 Å². The van der Waals surface area contributed by atoms with E-state index in [1.54, 1.807) is 18.2 Å². The van der Waals surface area contributed by atoms with Gasteiger partial charge in [0.05, 0.1) is 0 Å². The van der Waals surface area contributed by atoms with Crippen LogP contribution in [-0.4, -0.2) is 29.1 Å². The van der Waals surface area contributed by atoms with Crippen LogP contribution in [0.2, 0.25) is 0 Å². The second kappa shape index (κ2) is 9.40. The highest BCUT2D eigenvalue weighted by Crippen LogP contribution is 2.15. The number of ether oxygens (including phenoxy) is 2. The zero-order valence-corrected chi connectivity index (χ0v) is 15.5. The lowest BCUT2D eigenvalue weighted by molar-refractivity contribution is 0.0198. The van der Waals surface area contributed by atoms with Crippen molar-refractivity contribution < 1.29 is 19.1 Å². The molecule has 0 aliphatic rings. The van der Waals surface area contributed by atoms with E-state index in [4.69, 9.17) is 9.47 Å². The van der Waals surface area contributed by atoms with Gasteiger partial charge in [-0.25, -0.2) is 14.6 Å². The van der Waals surface area contributed by atoms with Gasteiger partial charge in [0.25, 0.3) is 0 Å². The van der Waals surface area contributed by atoms with Crippen molar-refractivity contribution in [2.45, 2.75) is 66.6 Å². The SMILES string of the molecule is CCC(C)C(C)OC(=O)c1cccc(C(=O)OC(C)C(C)CC)n1. The van der Waals surface area contributed by atoms with E-state index in [9.17, 15) is 9.59 Å². The first-order valence-electron chi connectivity index (χ1n) is 8.69. The average Bonchev–Trinajstić information content (AvgIpc) is 2.59. The molecule has 1 aromatic heterocycles. The quantitative estimate of drug-likeness (QED) is 0.664. The summed E-state index contributed by atoms with van der Waals surface area (Å²) in [4.78, 5) is 28.5. The maximum absolute atomic E-state index is 12.2. The Morgan fingerprint density at radius 3 is 1.58 bits per heavy atom. The van der Waals surface area contributed by atoms with Crippen LogP contribution in [0.1, 0.15) is 75.4 Å². The number of nitrogens with zero attached hydrogens (tertiary/aromatic N) is 1. The molecule has 4 atom stereocenters. The molecule has 1 heterocycles. The Morgan fingerprint density at radius 1 is 0.875 bits per heavy atom. The molecule has 1 rings (SSSR count). The Labute approximate surface area is 144 Å². The molecule has 1 aromatic rings. The molecule has 0 aromatic carbocycles. The minimum absolute atomic E-state index is 0.121. The molecule has 0 N–H and O–H groups in total. The molecular weight excluding hydrogens is 306 g/mol. The highest BCUT2D eigenvalue weighted by molar-refractivity contribution is 5.91. The summed E-state index contributed by atoms with van der Waals surface area (Å²) < 4.78 is 10.8. The van der Waals surface area contributed by atoms with Crippen molar-refractivity contribution in [2.24, 2.45) is 11.8 Å². The number of pyridine rings is 1. The van der Waals surface area contributed by atoms with Crippen molar-refractivity contribution in [3.05, 3.63) is 29.6 Å². The van der Waals surface area contributed by atoms with E-state index in [-0.39, 0.29) is 35.4 Å². The first-order chi connectivity index (χ1) is 11.3. The molecule has 0 aliphatic carbocycles. The highest BCUT2D eigenvalue weighted by atomic mass is 16.5. The normalized spacial score (nSPS) is 15.9. The van der Waals surface area contributed by atoms with E-state index >= 15 is 0 Å². The van der Waals surface area contributed by atoms with Gasteiger partial charge in [0.2, 0.25) is 0 Å². The molecule has 0 spiro atoms. The third-order valence-corrected chi connectivity index (χ3v) is 4.64. The van der Waals surface area contributed by atoms with E-state index < -0.39 is 11.9 Å². The van der Waals surface area contributed by atoms with Crippen LogP contribution in [0.15, 0.2) is 18.2 Å². The summed E-state index contributed by atoms with van der Waals surface area (Å²) >= 11 is 0. The second-order valence-corrected chi connectivity index (χ2v) is 6.40. The fourth-order valence-electron chi connectivity index (χ4n) is 2.02. The number of carbonyl (C=O) groups is 2. The van der Waals surface area contributed by atoms with Gasteiger partial charge in [0.1, 0.15) is 23.6 Å². The number of aromatic nitrogens is 1. The summed E-state index contributed by atoms with van der Waals surface area (Å²) in [5.74, 6) is -0.517. The van der Waals surface area contributed by atoms with Crippen LogP contribution in [0.5, 0.6) is 0 Å². The molecule has 0 bridgehead atoms. The van der Waals surface area contributed by atoms with Crippen LogP contribution in [0, 0.1) is 11.8 Å². The second-order valence-electron chi connectivity index (χ2n) is 6.40. The van der Waals surface area contributed by atoms with Gasteiger partial charge >= 0.3 is 11.9 Å². The third kappa shape index (κ3) is 5.62. The number of hydrogen-bond acceptors (Lipinski definition) is 5. The topological polar surface area (TPSA) is 65.5 Å². The van der Waals surface area contributed by atoms with Crippen molar-refractivity contribution >= 4 is 11.9 Å². The summed E-state index contributed by atoms with van der Waals surface area (Å²) in [7, 11) is 0. The van der Waals surface area contributed by atoms with Gasteiger partial charge in [-0.05, 0) is 37.8 Å². The number of carbonyl (C=O) groups excluding carboxylic acids is 2. The average molecular weight is 335 g/mol. The summed E-state index contributed by atoms with van der Waals surface area (Å²) in [6.07, 6.45) is 1.43. The Hall–Kier alpha value is -1.91. The van der Waals surface area contributed by atoms with Crippen molar-refractivity contribution in [2.75, 3.05) is 0 Å². The van der Waals surface area contributed by atoms with Gasteiger partial charge in [0, 0.05) is 0 Å². The lowest BCUT2D eigenvalue weighted by Crippen LogP contribution is -2.24. The predicted octanol–water partition coefficient (Wildman–Crippen LogP) is 4.26. The van der Waals surface area contributed by atoms with E-state index in [0.29, 0.717) is 0 Å². The third-order valence-electron chi connectivity index (χ3n) is 4.64. The minimum Gasteiger partial charge on any atom is -0.458 e. The lowest BCUT2D eigenvalue weighted by atomic mass is 10.0. The number of esters is 2. The fourth-order valence-corrected chi connectivity index (χ4v) is 2.02. The molecule has 0 aliphatic heterocycles. The molecule has 0 amide bonds. The van der Waals surface area contributed by atoms with E-state index in [0.717, 1.165) is 12.8 Å². The van der Waals surface area contributed by atoms with Crippen molar-refractivity contribution in [3.63, 3.8) is 0 Å². The standard InChI is InChI=1S/C19H29NO4/c1-7-12(3)14(5)23-18(21)16-10-9-11-17(20-16)19(22)24-15(6)13(4)8-2/h9-15H,7-8H2,1-6H3. The lowest BCUT2D eigenvalue weighted by Gasteiger charge is -2.19. The molecule has 0 saturated carbocycles. The minimum atomic E-state index is -0.521. The number of rotatable bonds is 8. The van der Waals surface area contributed by atoms with Crippen LogP contribution in [0.4, 0.5) is 0 Å². The van der Waals surface area contributed by atoms with Crippen LogP contribution < -0.4 is 0 Å². The van der Waals surface area contributed by atoms with Gasteiger partial charge in [-0.1, -0.05) is 46.6 Å². The molecule has 4 unspecified atom stereocenters. The van der Waals surface area contributed by atoms with Crippen molar-refractivity contribution in [1.82, 2.24) is 4.98 Å². The zero-order valence-electron chi connectivity index (χ0n) is 15.5. The Morgan fingerprint density at radius 2 is 1.25 bits per heavy atom. The van der Waals surface area contributed by atoms with Gasteiger partial charge in [-0.3, -0.25) is 0 Å². The summed E-state index contributed by atoms with van der Waals surface area (Å²) in [6.45, 7) is 11.9. The maximum atomic E-state index is 12.2.